The molecule has 0 aliphatic rings. The van der Waals surface area contributed by atoms with Crippen LogP contribution in [0.1, 0.15) is 50.9 Å². The van der Waals surface area contributed by atoms with E-state index in [4.69, 9.17) is 16.0 Å². The summed E-state index contributed by atoms with van der Waals surface area (Å²) in [5.41, 5.74) is 8.02. The number of para-hydroxylation sites is 1. The number of nitrogens with two attached hydrogens (primary N) is 2. The molecule has 34 heavy (non-hydrogen) atoms. The lowest BCUT2D eigenvalue weighted by Crippen LogP contribution is -2.21. The van der Waals surface area contributed by atoms with Crippen LogP contribution in [0.25, 0.3) is 22.0 Å². The number of alkyl halides is 3. The van der Waals surface area contributed by atoms with Crippen molar-refractivity contribution in [1.29, 1.82) is 0 Å². The molecular formula is C21H18F3N7O3. The standard InChI is InChI=1S/C21H18F3N7O3/c1-3-12-28-13(34-30-12)8-31-9(2)14(18(29-31)21(22,23)24)16-15(19(25)32)10-6-4-5-7-11(10)27-17(16)20(26)33/h4-7H,3,8H2,1-2H3,(H2,25,32)(H2,26,33). The van der Waals surface area contributed by atoms with Crippen LogP contribution in [-0.4, -0.2) is 36.7 Å². The van der Waals surface area contributed by atoms with E-state index >= 15 is 0 Å². The number of halogens is 3. The lowest BCUT2D eigenvalue weighted by atomic mass is 9.92. The number of hydrogen-bond donors (Lipinski definition) is 2. The SMILES string of the molecule is CCc1noc(Cn2nc(C(F)(F)F)c(-c3c(C(N)=O)nc4ccccc4c3C(N)=O)c2C)n1. The number of nitrogens with zero attached hydrogens (tertiary/aromatic N) is 5. The minimum absolute atomic E-state index is 0.0320. The molecule has 4 N–H and O–H groups in total. The number of aryl methyl sites for hydroxylation is 1. The Morgan fingerprint density at radius 2 is 1.79 bits per heavy atom. The summed E-state index contributed by atoms with van der Waals surface area (Å²) in [5, 5.41) is 7.59. The molecule has 3 aromatic heterocycles. The molecule has 3 heterocycles. The molecule has 0 atom stereocenters. The van der Waals surface area contributed by atoms with Gasteiger partial charge in [-0.25, -0.2) is 4.98 Å². The molecule has 10 nitrogen and oxygen atoms in total. The van der Waals surface area contributed by atoms with Crippen molar-refractivity contribution in [2.24, 2.45) is 11.5 Å². The molecule has 0 radical (unpaired) electrons. The van der Waals surface area contributed by atoms with E-state index < -0.39 is 40.5 Å². The van der Waals surface area contributed by atoms with Crippen LogP contribution in [0, 0.1) is 6.92 Å². The first kappa shape index (κ1) is 22.9. The van der Waals surface area contributed by atoms with Crippen LogP contribution < -0.4 is 11.5 Å². The number of aromatic nitrogens is 5. The number of fused-ring (bicyclic) bond motifs is 1. The molecule has 13 heteroatoms. The first-order chi connectivity index (χ1) is 16.0. The van der Waals surface area contributed by atoms with Crippen molar-refractivity contribution in [2.75, 3.05) is 0 Å². The maximum Gasteiger partial charge on any atom is 0.435 e. The minimum atomic E-state index is -4.95. The first-order valence-electron chi connectivity index (χ1n) is 10.0. The summed E-state index contributed by atoms with van der Waals surface area (Å²) < 4.78 is 48.4. The normalized spacial score (nSPS) is 11.8. The van der Waals surface area contributed by atoms with Crippen LogP contribution in [-0.2, 0) is 19.1 Å². The number of rotatable bonds is 6. The van der Waals surface area contributed by atoms with E-state index in [2.05, 4.69) is 20.2 Å². The molecule has 0 saturated carbocycles. The van der Waals surface area contributed by atoms with Crippen molar-refractivity contribution in [3.63, 3.8) is 0 Å². The van der Waals surface area contributed by atoms with Crippen LogP contribution >= 0.6 is 0 Å². The van der Waals surface area contributed by atoms with E-state index in [1.54, 1.807) is 19.1 Å². The van der Waals surface area contributed by atoms with Gasteiger partial charge in [-0.15, -0.1) is 0 Å². The molecular weight excluding hydrogens is 455 g/mol. The highest BCUT2D eigenvalue weighted by Gasteiger charge is 2.41. The zero-order valence-corrected chi connectivity index (χ0v) is 18.0. The zero-order chi connectivity index (χ0) is 24.8. The summed E-state index contributed by atoms with van der Waals surface area (Å²) in [6.07, 6.45) is -4.49. The van der Waals surface area contributed by atoms with Crippen molar-refractivity contribution in [3.8, 4) is 11.1 Å². The second kappa shape index (κ2) is 8.24. The molecule has 4 rings (SSSR count). The Bertz CT molecular complexity index is 1440. The van der Waals surface area contributed by atoms with Gasteiger partial charge in [0.2, 0.25) is 11.8 Å². The zero-order valence-electron chi connectivity index (χ0n) is 18.0. The summed E-state index contributed by atoms with van der Waals surface area (Å²) in [6.45, 7) is 2.86. The van der Waals surface area contributed by atoms with Gasteiger partial charge in [0, 0.05) is 28.6 Å². The second-order valence-corrected chi connectivity index (χ2v) is 7.38. The van der Waals surface area contributed by atoms with Gasteiger partial charge in [-0.05, 0) is 13.0 Å². The van der Waals surface area contributed by atoms with Gasteiger partial charge in [0.05, 0.1) is 11.1 Å². The van der Waals surface area contributed by atoms with Crippen LogP contribution in [0.15, 0.2) is 28.8 Å². The third-order valence-electron chi connectivity index (χ3n) is 5.21. The fourth-order valence-corrected chi connectivity index (χ4v) is 3.71. The van der Waals surface area contributed by atoms with E-state index in [0.29, 0.717) is 12.2 Å². The van der Waals surface area contributed by atoms with Crippen LogP contribution in [0.2, 0.25) is 0 Å². The largest absolute Gasteiger partial charge is 0.435 e. The van der Waals surface area contributed by atoms with Gasteiger partial charge in [0.15, 0.2) is 11.5 Å². The quantitative estimate of drug-likeness (QED) is 0.436. The molecule has 0 bridgehead atoms. The summed E-state index contributed by atoms with van der Waals surface area (Å²) in [4.78, 5) is 33.0. The Labute approximate surface area is 189 Å². The molecule has 1 aromatic carbocycles. The summed E-state index contributed by atoms with van der Waals surface area (Å²) in [7, 11) is 0. The first-order valence-corrected chi connectivity index (χ1v) is 10.0. The fraction of sp³-hybridized carbons (Fsp3) is 0.238. The molecule has 0 saturated heterocycles. The Morgan fingerprint density at radius 3 is 2.38 bits per heavy atom. The van der Waals surface area contributed by atoms with Gasteiger partial charge in [-0.3, -0.25) is 14.3 Å². The van der Waals surface area contributed by atoms with Gasteiger partial charge in [0.25, 0.3) is 5.91 Å². The van der Waals surface area contributed by atoms with Crippen molar-refractivity contribution in [1.82, 2.24) is 24.9 Å². The third-order valence-corrected chi connectivity index (χ3v) is 5.21. The maximum absolute atomic E-state index is 14.1. The smallest absolute Gasteiger partial charge is 0.366 e. The van der Waals surface area contributed by atoms with E-state index in [1.807, 2.05) is 0 Å². The average molecular weight is 473 g/mol. The highest BCUT2D eigenvalue weighted by Crippen LogP contribution is 2.42. The summed E-state index contributed by atoms with van der Waals surface area (Å²) in [6, 6.07) is 6.10. The predicted molar refractivity (Wildman–Crippen MR) is 113 cm³/mol. The maximum atomic E-state index is 14.1. The molecule has 0 aliphatic heterocycles. The van der Waals surface area contributed by atoms with E-state index in [1.165, 1.54) is 19.1 Å². The molecule has 0 aliphatic carbocycles. The fourth-order valence-electron chi connectivity index (χ4n) is 3.71. The number of benzene rings is 1. The number of hydrogen-bond acceptors (Lipinski definition) is 7. The van der Waals surface area contributed by atoms with Crippen LogP contribution in [0.3, 0.4) is 0 Å². The van der Waals surface area contributed by atoms with E-state index in [9.17, 15) is 22.8 Å². The Morgan fingerprint density at radius 1 is 1.09 bits per heavy atom. The lowest BCUT2D eigenvalue weighted by molar-refractivity contribution is -0.141. The monoisotopic (exact) mass is 473 g/mol. The molecule has 4 aromatic rings. The highest BCUT2D eigenvalue weighted by atomic mass is 19.4. The number of amides is 2. The summed E-state index contributed by atoms with van der Waals surface area (Å²) in [5.74, 6) is -1.78. The van der Waals surface area contributed by atoms with Gasteiger partial charge >= 0.3 is 6.18 Å². The van der Waals surface area contributed by atoms with E-state index in [0.717, 1.165) is 4.68 Å². The van der Waals surface area contributed by atoms with Crippen LogP contribution in [0.5, 0.6) is 0 Å². The molecule has 0 fully saturated rings. The Kier molecular flexibility index (Phi) is 5.55. The minimum Gasteiger partial charge on any atom is -0.366 e. The highest BCUT2D eigenvalue weighted by molar-refractivity contribution is 6.15. The Balaban J connectivity index is 2.07. The van der Waals surface area contributed by atoms with Crippen LogP contribution in [0.4, 0.5) is 13.2 Å². The molecule has 176 valence electrons. The van der Waals surface area contributed by atoms with Gasteiger partial charge in [-0.2, -0.15) is 23.3 Å². The Hall–Kier alpha value is -4.29. The lowest BCUT2D eigenvalue weighted by Gasteiger charge is -2.15. The molecule has 2 amide bonds. The van der Waals surface area contributed by atoms with Crippen molar-refractivity contribution < 1.29 is 27.3 Å². The molecule has 0 spiro atoms. The van der Waals surface area contributed by atoms with Crippen molar-refractivity contribution in [2.45, 2.75) is 33.0 Å². The van der Waals surface area contributed by atoms with Crippen molar-refractivity contribution >= 4 is 22.7 Å². The van der Waals surface area contributed by atoms with E-state index in [-0.39, 0.29) is 34.6 Å². The van der Waals surface area contributed by atoms with Gasteiger partial charge in [0.1, 0.15) is 12.2 Å². The van der Waals surface area contributed by atoms with Crippen molar-refractivity contribution in [3.05, 3.63) is 58.6 Å². The third kappa shape index (κ3) is 3.84. The number of carbonyl (C=O) groups is 2. The predicted octanol–water partition coefficient (Wildman–Crippen LogP) is 2.62. The average Bonchev–Trinajstić information content (AvgIpc) is 3.36. The summed E-state index contributed by atoms with van der Waals surface area (Å²) >= 11 is 0. The number of pyridine rings is 1. The van der Waals surface area contributed by atoms with Gasteiger partial charge < -0.3 is 16.0 Å². The number of carbonyl (C=O) groups excluding carboxylic acids is 2. The number of primary amides is 2. The second-order valence-electron chi connectivity index (χ2n) is 7.38. The van der Waals surface area contributed by atoms with Gasteiger partial charge in [-0.1, -0.05) is 30.3 Å². The topological polar surface area (TPSA) is 156 Å². The molecule has 0 unspecified atom stereocenters.